The summed E-state index contributed by atoms with van der Waals surface area (Å²) in [5, 5.41) is 18.3. The second-order valence-electron chi connectivity index (χ2n) is 8.79. The van der Waals surface area contributed by atoms with Crippen molar-refractivity contribution in [2.75, 3.05) is 5.32 Å². The minimum absolute atomic E-state index is 0.0303. The Morgan fingerprint density at radius 2 is 1.91 bits per heavy atom. The van der Waals surface area contributed by atoms with Crippen molar-refractivity contribution < 1.29 is 23.0 Å². The van der Waals surface area contributed by atoms with Gasteiger partial charge in [0.1, 0.15) is 5.69 Å². The quantitative estimate of drug-likeness (QED) is 0.572. The summed E-state index contributed by atoms with van der Waals surface area (Å²) in [7, 11) is 0. The maximum absolute atomic E-state index is 12.9. The fourth-order valence-electron chi connectivity index (χ4n) is 4.40. The predicted molar refractivity (Wildman–Crippen MR) is 117 cm³/mol. The number of halogens is 3. The SMILES string of the molecule is Cc1cc(Nc2nccc(C(F)(F)F)n2)cc(-c2cnn(CC3(O)C[C@@H](C)O[C@@H](C)C3)c2)c1. The molecule has 10 heteroatoms. The van der Waals surface area contributed by atoms with Crippen LogP contribution in [0, 0.1) is 6.92 Å². The highest BCUT2D eigenvalue weighted by molar-refractivity contribution is 5.70. The van der Waals surface area contributed by atoms with Gasteiger partial charge in [-0.15, -0.1) is 0 Å². The number of aromatic nitrogens is 4. The Hall–Kier alpha value is -2.98. The fourth-order valence-corrected chi connectivity index (χ4v) is 4.40. The van der Waals surface area contributed by atoms with Crippen LogP contribution in [0.25, 0.3) is 11.1 Å². The molecule has 0 radical (unpaired) electrons. The number of aliphatic hydroxyl groups is 1. The Morgan fingerprint density at radius 3 is 2.61 bits per heavy atom. The molecule has 1 aliphatic heterocycles. The van der Waals surface area contributed by atoms with E-state index >= 15 is 0 Å². The smallest absolute Gasteiger partial charge is 0.388 e. The van der Waals surface area contributed by atoms with E-state index in [-0.39, 0.29) is 18.2 Å². The van der Waals surface area contributed by atoms with Crippen LogP contribution in [0.15, 0.2) is 42.9 Å². The van der Waals surface area contributed by atoms with Crippen molar-refractivity contribution in [2.45, 2.75) is 64.1 Å². The lowest BCUT2D eigenvalue weighted by molar-refractivity contribution is -0.141. The standard InChI is InChI=1S/C23H26F3N5O2/c1-14-6-17(8-19(7-14)29-21-27-5-4-20(30-21)23(24,25)26)18-11-28-31(12-18)13-22(32)9-15(2)33-16(3)10-22/h4-8,11-12,15-16,32H,9-10,13H2,1-3H3,(H,27,29,30)/t15-,16+,22?. The zero-order valence-corrected chi connectivity index (χ0v) is 18.6. The van der Waals surface area contributed by atoms with Gasteiger partial charge in [0.15, 0.2) is 0 Å². The van der Waals surface area contributed by atoms with Crippen molar-refractivity contribution in [3.05, 3.63) is 54.1 Å². The largest absolute Gasteiger partial charge is 0.433 e. The molecule has 1 saturated heterocycles. The van der Waals surface area contributed by atoms with Gasteiger partial charge in [-0.3, -0.25) is 4.68 Å². The normalized spacial score (nSPS) is 23.5. The van der Waals surface area contributed by atoms with Gasteiger partial charge in [0.05, 0.1) is 30.6 Å². The van der Waals surface area contributed by atoms with Crippen LogP contribution in [0.4, 0.5) is 24.8 Å². The third-order valence-electron chi connectivity index (χ3n) is 5.50. The Labute approximate surface area is 189 Å². The van der Waals surface area contributed by atoms with E-state index in [2.05, 4.69) is 20.4 Å². The minimum atomic E-state index is -4.55. The van der Waals surface area contributed by atoms with Gasteiger partial charge in [-0.25, -0.2) is 9.97 Å². The van der Waals surface area contributed by atoms with Crippen molar-refractivity contribution in [2.24, 2.45) is 0 Å². The molecule has 3 heterocycles. The Kier molecular flexibility index (Phi) is 6.15. The average molecular weight is 461 g/mol. The summed E-state index contributed by atoms with van der Waals surface area (Å²) < 4.78 is 46.3. The summed E-state index contributed by atoms with van der Waals surface area (Å²) in [5.74, 6) is -0.137. The molecule has 2 N–H and O–H groups in total. The van der Waals surface area contributed by atoms with E-state index < -0.39 is 17.5 Å². The average Bonchev–Trinajstić information content (AvgIpc) is 3.13. The highest BCUT2D eigenvalue weighted by Crippen LogP contribution is 2.32. The lowest BCUT2D eigenvalue weighted by Crippen LogP contribution is -2.46. The molecule has 1 aromatic carbocycles. The Balaban J connectivity index is 1.54. The van der Waals surface area contributed by atoms with Gasteiger partial charge >= 0.3 is 6.18 Å². The van der Waals surface area contributed by atoms with E-state index in [1.807, 2.05) is 33.0 Å². The molecule has 0 amide bonds. The van der Waals surface area contributed by atoms with E-state index in [1.54, 1.807) is 23.0 Å². The first kappa shape index (κ1) is 23.2. The number of nitrogens with zero attached hydrogens (tertiary/aromatic N) is 4. The van der Waals surface area contributed by atoms with Crippen LogP contribution < -0.4 is 5.32 Å². The monoisotopic (exact) mass is 461 g/mol. The first-order chi connectivity index (χ1) is 15.5. The summed E-state index contributed by atoms with van der Waals surface area (Å²) in [6, 6.07) is 6.37. The molecule has 1 fully saturated rings. The van der Waals surface area contributed by atoms with E-state index in [0.717, 1.165) is 29.0 Å². The van der Waals surface area contributed by atoms with Crippen LogP contribution in [0.1, 0.15) is 37.9 Å². The first-order valence-electron chi connectivity index (χ1n) is 10.7. The molecule has 4 rings (SSSR count). The van der Waals surface area contributed by atoms with Gasteiger partial charge in [-0.05, 0) is 50.1 Å². The maximum atomic E-state index is 12.9. The molecule has 7 nitrogen and oxygen atoms in total. The van der Waals surface area contributed by atoms with Crippen LogP contribution in [0.3, 0.4) is 0 Å². The number of hydrogen-bond donors (Lipinski definition) is 2. The molecule has 3 atom stereocenters. The molecular weight excluding hydrogens is 435 g/mol. The van der Waals surface area contributed by atoms with Gasteiger partial charge < -0.3 is 15.2 Å². The van der Waals surface area contributed by atoms with Crippen molar-refractivity contribution in [1.29, 1.82) is 0 Å². The zero-order chi connectivity index (χ0) is 23.8. The summed E-state index contributed by atoms with van der Waals surface area (Å²) in [5.41, 5.74) is 1.20. The lowest BCUT2D eigenvalue weighted by atomic mass is 9.87. The summed E-state index contributed by atoms with van der Waals surface area (Å²) in [6.45, 7) is 6.13. The zero-order valence-electron chi connectivity index (χ0n) is 18.6. The van der Waals surface area contributed by atoms with Crippen LogP contribution in [-0.2, 0) is 17.5 Å². The predicted octanol–water partition coefficient (Wildman–Crippen LogP) is 4.73. The number of ether oxygens (including phenoxy) is 1. The van der Waals surface area contributed by atoms with Gasteiger partial charge in [-0.1, -0.05) is 6.07 Å². The van der Waals surface area contributed by atoms with Crippen molar-refractivity contribution in [3.8, 4) is 11.1 Å². The van der Waals surface area contributed by atoms with Crippen LogP contribution >= 0.6 is 0 Å². The fraction of sp³-hybridized carbons (Fsp3) is 0.435. The molecule has 0 spiro atoms. The molecule has 176 valence electrons. The molecule has 1 unspecified atom stereocenters. The number of rotatable bonds is 5. The summed E-state index contributed by atoms with van der Waals surface area (Å²) in [4.78, 5) is 7.45. The number of benzene rings is 1. The highest BCUT2D eigenvalue weighted by atomic mass is 19.4. The molecular formula is C23H26F3N5O2. The summed E-state index contributed by atoms with van der Waals surface area (Å²) >= 11 is 0. The van der Waals surface area contributed by atoms with E-state index in [9.17, 15) is 18.3 Å². The van der Waals surface area contributed by atoms with Gasteiger partial charge in [0.2, 0.25) is 5.95 Å². The van der Waals surface area contributed by atoms with E-state index in [0.29, 0.717) is 25.1 Å². The molecule has 0 saturated carbocycles. The summed E-state index contributed by atoms with van der Waals surface area (Å²) in [6.07, 6.45) is 1.08. The van der Waals surface area contributed by atoms with Crippen LogP contribution in [-0.4, -0.2) is 42.7 Å². The second kappa shape index (κ2) is 8.75. The highest BCUT2D eigenvalue weighted by Gasteiger charge is 2.37. The number of nitrogens with one attached hydrogen (secondary N) is 1. The number of alkyl halides is 3. The van der Waals surface area contributed by atoms with Crippen molar-refractivity contribution >= 4 is 11.6 Å². The van der Waals surface area contributed by atoms with Crippen LogP contribution in [0.5, 0.6) is 0 Å². The number of anilines is 2. The van der Waals surface area contributed by atoms with Crippen molar-refractivity contribution in [3.63, 3.8) is 0 Å². The minimum Gasteiger partial charge on any atom is -0.388 e. The molecule has 0 bridgehead atoms. The second-order valence-corrected chi connectivity index (χ2v) is 8.79. The van der Waals surface area contributed by atoms with Gasteiger partial charge in [0, 0.05) is 36.5 Å². The lowest BCUT2D eigenvalue weighted by Gasteiger charge is -2.39. The molecule has 1 aliphatic rings. The van der Waals surface area contributed by atoms with Crippen molar-refractivity contribution in [1.82, 2.24) is 19.7 Å². The van der Waals surface area contributed by atoms with Gasteiger partial charge in [0.25, 0.3) is 0 Å². The number of aryl methyl sites for hydroxylation is 1. The van der Waals surface area contributed by atoms with Gasteiger partial charge in [-0.2, -0.15) is 18.3 Å². The topological polar surface area (TPSA) is 85.1 Å². The van der Waals surface area contributed by atoms with E-state index in [4.69, 9.17) is 4.74 Å². The third-order valence-corrected chi connectivity index (χ3v) is 5.50. The third kappa shape index (κ3) is 5.69. The van der Waals surface area contributed by atoms with Crippen LogP contribution in [0.2, 0.25) is 0 Å². The Bertz CT molecular complexity index is 1120. The first-order valence-corrected chi connectivity index (χ1v) is 10.7. The van der Waals surface area contributed by atoms with E-state index in [1.165, 1.54) is 0 Å². The molecule has 3 aromatic rings. The maximum Gasteiger partial charge on any atom is 0.433 e. The molecule has 0 aliphatic carbocycles. The molecule has 2 aromatic heterocycles. The Morgan fingerprint density at radius 1 is 1.18 bits per heavy atom. The number of hydrogen-bond acceptors (Lipinski definition) is 6. The molecule has 33 heavy (non-hydrogen) atoms.